The van der Waals surface area contributed by atoms with E-state index in [4.69, 9.17) is 19.7 Å². The second-order valence-electron chi connectivity index (χ2n) is 13.7. The summed E-state index contributed by atoms with van der Waals surface area (Å²) in [6, 6.07) is 3.11. The van der Waals surface area contributed by atoms with Crippen LogP contribution < -0.4 is 27.3 Å². The number of anilines is 2. The Hall–Kier alpha value is -2.65. The van der Waals surface area contributed by atoms with Gasteiger partial charge in [0.05, 0.1) is 12.7 Å². The van der Waals surface area contributed by atoms with Gasteiger partial charge in [-0.3, -0.25) is 13.7 Å². The summed E-state index contributed by atoms with van der Waals surface area (Å²) in [7, 11) is -5.26. The van der Waals surface area contributed by atoms with Gasteiger partial charge in [0.15, 0.2) is 0 Å². The van der Waals surface area contributed by atoms with Crippen molar-refractivity contribution in [3.05, 3.63) is 45.5 Å². The predicted molar refractivity (Wildman–Crippen MR) is 187 cm³/mol. The number of hydrogen-bond acceptors (Lipinski definition) is 12. The number of nitrogens with zero attached hydrogens (tertiary/aromatic N) is 4. The van der Waals surface area contributed by atoms with Crippen molar-refractivity contribution in [2.24, 2.45) is 0 Å². The molecule has 2 saturated heterocycles. The second-order valence-corrected chi connectivity index (χ2v) is 14.8. The minimum atomic E-state index is -5.26. The van der Waals surface area contributed by atoms with Gasteiger partial charge in [-0.05, 0) is 31.4 Å². The third-order valence-corrected chi connectivity index (χ3v) is 10.2. The van der Waals surface area contributed by atoms with Crippen LogP contribution in [0.15, 0.2) is 34.1 Å². The number of aromatic nitrogens is 4. The Balaban J connectivity index is 1.24. The third-order valence-electron chi connectivity index (χ3n) is 9.70. The monoisotopic (exact) mass is 723 g/mol. The average molecular weight is 724 g/mol. The molecule has 282 valence electrons. The minimum Gasteiger partial charge on any atom is -0.756 e. The number of nitrogens with one attached hydrogen (secondary N) is 1. The van der Waals surface area contributed by atoms with Crippen LogP contribution in [-0.2, 0) is 18.6 Å². The van der Waals surface area contributed by atoms with Gasteiger partial charge in [-0.2, -0.15) is 9.97 Å². The van der Waals surface area contributed by atoms with Crippen molar-refractivity contribution in [3.63, 3.8) is 0 Å². The van der Waals surface area contributed by atoms with Crippen molar-refractivity contribution < 1.29 is 33.5 Å². The molecule has 16 heteroatoms. The van der Waals surface area contributed by atoms with E-state index in [1.165, 1.54) is 105 Å². The highest BCUT2D eigenvalue weighted by Crippen LogP contribution is 2.48. The number of unbranched alkanes of at least 4 members (excludes halogenated alkanes) is 13. The highest BCUT2D eigenvalue weighted by atomic mass is 31.2. The highest BCUT2D eigenvalue weighted by Gasteiger charge is 2.53. The van der Waals surface area contributed by atoms with E-state index in [0.29, 0.717) is 25.2 Å². The summed E-state index contributed by atoms with van der Waals surface area (Å²) >= 11 is 0. The molecule has 4 rings (SSSR count). The van der Waals surface area contributed by atoms with E-state index >= 15 is 0 Å². The Morgan fingerprint density at radius 3 is 2.10 bits per heavy atom. The Morgan fingerprint density at radius 1 is 0.940 bits per heavy atom. The number of phosphoric acid groups is 1. The Labute approximate surface area is 294 Å². The summed E-state index contributed by atoms with van der Waals surface area (Å²) in [5.41, 5.74) is 2.73. The van der Waals surface area contributed by atoms with Gasteiger partial charge in [0.2, 0.25) is 0 Å². The van der Waals surface area contributed by atoms with E-state index in [-0.39, 0.29) is 18.7 Å². The van der Waals surface area contributed by atoms with Gasteiger partial charge in [0, 0.05) is 31.8 Å². The first kappa shape index (κ1) is 40.1. The summed E-state index contributed by atoms with van der Waals surface area (Å²) in [5, 5.41) is 13.7. The van der Waals surface area contributed by atoms with Gasteiger partial charge in [-0.1, -0.05) is 90.4 Å². The molecule has 2 aromatic heterocycles. The Bertz CT molecular complexity index is 1490. The molecule has 50 heavy (non-hydrogen) atoms. The van der Waals surface area contributed by atoms with E-state index in [9.17, 15) is 29.0 Å². The maximum Gasteiger partial charge on any atom is 0.351 e. The summed E-state index contributed by atoms with van der Waals surface area (Å²) < 4.78 is 31.6. The van der Waals surface area contributed by atoms with Crippen LogP contribution in [-0.4, -0.2) is 60.1 Å². The topological polar surface area (TPSA) is 216 Å². The lowest BCUT2D eigenvalue weighted by Crippen LogP contribution is -2.47. The molecule has 15 nitrogen and oxygen atoms in total. The second kappa shape index (κ2) is 19.8. The fourth-order valence-electron chi connectivity index (χ4n) is 6.98. The van der Waals surface area contributed by atoms with Crippen molar-refractivity contribution in [3.8, 4) is 0 Å². The van der Waals surface area contributed by atoms with Crippen molar-refractivity contribution in [2.45, 2.75) is 153 Å². The molecule has 2 aliphatic rings. The number of nitrogens with two attached hydrogens (primary N) is 1. The van der Waals surface area contributed by atoms with Crippen LogP contribution in [0.4, 0.5) is 11.6 Å². The average Bonchev–Trinajstić information content (AvgIpc) is 3.66. The summed E-state index contributed by atoms with van der Waals surface area (Å²) in [6.45, 7) is 2.23. The van der Waals surface area contributed by atoms with Crippen LogP contribution in [0, 0.1) is 0 Å². The van der Waals surface area contributed by atoms with Crippen molar-refractivity contribution >= 4 is 19.5 Å². The molecule has 2 fully saturated rings. The van der Waals surface area contributed by atoms with E-state index in [2.05, 4.69) is 22.2 Å². The Morgan fingerprint density at radius 2 is 1.52 bits per heavy atom. The smallest absolute Gasteiger partial charge is 0.351 e. The van der Waals surface area contributed by atoms with E-state index in [1.807, 2.05) is 0 Å². The van der Waals surface area contributed by atoms with E-state index in [1.54, 1.807) is 6.07 Å². The third kappa shape index (κ3) is 12.2. The van der Waals surface area contributed by atoms with E-state index in [0.717, 1.165) is 12.8 Å². The number of aliphatic hydroxyl groups excluding tert-OH is 1. The largest absolute Gasteiger partial charge is 0.756 e. The quantitative estimate of drug-likeness (QED) is 0.0916. The summed E-state index contributed by atoms with van der Waals surface area (Å²) in [5.74, 6) is 0.493. The van der Waals surface area contributed by atoms with Gasteiger partial charge in [0.1, 0.15) is 35.8 Å². The molecule has 1 unspecified atom stereocenters. The number of nitrogen functional groups attached to an aromatic ring is 1. The molecule has 0 bridgehead atoms. The molecule has 0 radical (unpaired) electrons. The zero-order valence-electron chi connectivity index (χ0n) is 29.3. The number of rotatable bonds is 23. The molecule has 0 spiro atoms. The van der Waals surface area contributed by atoms with Gasteiger partial charge in [-0.15, -0.1) is 0 Å². The summed E-state index contributed by atoms with van der Waals surface area (Å²) in [4.78, 5) is 54.6. The molecule has 0 aromatic carbocycles. The van der Waals surface area contributed by atoms with Crippen LogP contribution in [0.5, 0.6) is 0 Å². The zero-order valence-corrected chi connectivity index (χ0v) is 30.2. The maximum atomic E-state index is 13.1. The first-order chi connectivity index (χ1) is 24.0. The molecule has 5 N–H and O–H groups in total. The minimum absolute atomic E-state index is 0.0423. The first-order valence-electron chi connectivity index (χ1n) is 18.4. The fourth-order valence-corrected chi connectivity index (χ4v) is 7.58. The van der Waals surface area contributed by atoms with Crippen LogP contribution in [0.3, 0.4) is 0 Å². The van der Waals surface area contributed by atoms with Crippen molar-refractivity contribution in [1.82, 2.24) is 19.1 Å². The van der Waals surface area contributed by atoms with Crippen molar-refractivity contribution in [2.75, 3.05) is 24.2 Å². The standard InChI is InChI=1S/C34H57N6O9P/c1-2-3-4-5-6-7-8-9-10-11-12-13-14-15-20-36-29-19-22-40(33(43)38-29)31-23-27(49-50(44,45)46)34(25-41,48-31)24-26-16-17-30(47-26)39-21-18-28(35)37-32(39)42/h18-19,21-22,26-27,30-31,41H,2-17,20,23-25H2,1H3,(H2,35,37,42)(H,36,38,43)(H2,44,45,46)/p-1/t26-,27-,30+,31+,34+/m0/s1. The zero-order chi connectivity index (χ0) is 36.0. The van der Waals surface area contributed by atoms with Gasteiger partial charge in [-0.25, -0.2) is 9.59 Å². The number of phosphoric ester groups is 1. The fraction of sp³-hybridized carbons (Fsp3) is 0.765. The lowest BCUT2D eigenvalue weighted by atomic mass is 9.90. The molecular weight excluding hydrogens is 667 g/mol. The van der Waals surface area contributed by atoms with Gasteiger partial charge < -0.3 is 39.9 Å². The van der Waals surface area contributed by atoms with Gasteiger partial charge >= 0.3 is 11.4 Å². The SMILES string of the molecule is CCCCCCCCCCCCCCCCNc1ccn([C@H]2C[C@H](OP(=O)([O-])O)[C@](CO)(C[C@@H]3CC[C@H](n4ccc(N)nc4=O)O3)O2)c(=O)n1. The molecular formula is C34H56N6O9P-. The molecule has 0 saturated carbocycles. The molecule has 4 heterocycles. The predicted octanol–water partition coefficient (Wildman–Crippen LogP) is 4.54. The van der Waals surface area contributed by atoms with E-state index < -0.39 is 56.1 Å². The van der Waals surface area contributed by atoms with Crippen LogP contribution in [0.25, 0.3) is 0 Å². The maximum absolute atomic E-state index is 13.1. The molecule has 0 aliphatic carbocycles. The molecule has 6 atom stereocenters. The molecule has 0 amide bonds. The normalized spacial score (nSPS) is 24.8. The number of ether oxygens (including phenoxy) is 2. The highest BCUT2D eigenvalue weighted by molar-refractivity contribution is 7.44. The van der Waals surface area contributed by atoms with Crippen LogP contribution >= 0.6 is 7.82 Å². The van der Waals surface area contributed by atoms with Gasteiger partial charge in [0.25, 0.3) is 7.82 Å². The van der Waals surface area contributed by atoms with Crippen molar-refractivity contribution in [1.29, 1.82) is 0 Å². The lowest BCUT2D eigenvalue weighted by molar-refractivity contribution is -0.232. The lowest BCUT2D eigenvalue weighted by Gasteiger charge is -2.36. The Kier molecular flexibility index (Phi) is 15.9. The summed E-state index contributed by atoms with van der Waals surface area (Å²) in [6.07, 6.45) is 17.9. The van der Waals surface area contributed by atoms with Crippen LogP contribution in [0.2, 0.25) is 0 Å². The number of hydrogen-bond donors (Lipinski definition) is 4. The molecule has 2 aliphatic heterocycles. The molecule has 2 aromatic rings. The number of aliphatic hydroxyl groups is 1. The first-order valence-corrected chi connectivity index (χ1v) is 19.9. The van der Waals surface area contributed by atoms with Crippen LogP contribution in [0.1, 0.15) is 135 Å².